The molecule has 1 aliphatic heterocycles. The molecule has 2 fully saturated rings. The summed E-state index contributed by atoms with van der Waals surface area (Å²) >= 11 is 0. The molecule has 0 radical (unpaired) electrons. The molecule has 114 valence electrons. The first-order chi connectivity index (χ1) is 9.63. The third-order valence-corrected chi connectivity index (χ3v) is 4.60. The van der Waals surface area contributed by atoms with Gasteiger partial charge in [0.25, 0.3) is 0 Å². The number of likely N-dealkylation sites (tertiary alicyclic amines) is 1. The van der Waals surface area contributed by atoms with Crippen molar-refractivity contribution >= 4 is 11.9 Å². The van der Waals surface area contributed by atoms with Crippen molar-refractivity contribution in [3.05, 3.63) is 0 Å². The molecule has 1 heterocycles. The highest BCUT2D eigenvalue weighted by atomic mass is 16.5. The number of carbonyl (C=O) groups excluding carboxylic acids is 2. The van der Waals surface area contributed by atoms with Gasteiger partial charge in [0.05, 0.1) is 13.2 Å². The Morgan fingerprint density at radius 1 is 1.15 bits per heavy atom. The topological polar surface area (TPSA) is 58.6 Å². The fourth-order valence-electron chi connectivity index (χ4n) is 3.35. The number of piperidine rings is 1. The molecule has 0 aromatic heterocycles. The number of rotatable bonds is 4. The first kappa shape index (κ1) is 15.3. The number of methoxy groups -OCH3 is 1. The number of carbonyl (C=O) groups is 2. The van der Waals surface area contributed by atoms with Gasteiger partial charge in [-0.3, -0.25) is 14.5 Å². The second-order valence-electron chi connectivity index (χ2n) is 5.94. The predicted molar refractivity (Wildman–Crippen MR) is 76.2 cm³/mol. The van der Waals surface area contributed by atoms with Crippen LogP contribution in [0.4, 0.5) is 0 Å². The van der Waals surface area contributed by atoms with Crippen LogP contribution in [-0.4, -0.2) is 48.6 Å². The van der Waals surface area contributed by atoms with Crippen LogP contribution in [0.2, 0.25) is 0 Å². The summed E-state index contributed by atoms with van der Waals surface area (Å²) in [5, 5.41) is 3.12. The van der Waals surface area contributed by atoms with Gasteiger partial charge < -0.3 is 10.1 Å². The van der Waals surface area contributed by atoms with E-state index in [9.17, 15) is 9.59 Å². The fourth-order valence-corrected chi connectivity index (χ4v) is 3.35. The summed E-state index contributed by atoms with van der Waals surface area (Å²) in [5.74, 6) is -0.169. The number of hydrogen-bond donors (Lipinski definition) is 1. The summed E-state index contributed by atoms with van der Waals surface area (Å²) in [7, 11) is 1.42. The number of ether oxygens (including phenoxy) is 1. The molecule has 5 heteroatoms. The monoisotopic (exact) mass is 282 g/mol. The zero-order valence-corrected chi connectivity index (χ0v) is 12.6. The van der Waals surface area contributed by atoms with E-state index in [1.54, 1.807) is 0 Å². The Hall–Kier alpha value is -1.10. The summed E-state index contributed by atoms with van der Waals surface area (Å²) in [5.41, 5.74) is 0. The van der Waals surface area contributed by atoms with Gasteiger partial charge in [-0.25, -0.2) is 0 Å². The van der Waals surface area contributed by atoms with Crippen LogP contribution in [0.15, 0.2) is 0 Å². The van der Waals surface area contributed by atoms with E-state index in [0.717, 1.165) is 38.6 Å². The van der Waals surface area contributed by atoms with E-state index < -0.39 is 0 Å². The van der Waals surface area contributed by atoms with Crippen molar-refractivity contribution in [1.29, 1.82) is 0 Å². The minimum Gasteiger partial charge on any atom is -0.468 e. The van der Waals surface area contributed by atoms with Gasteiger partial charge in [0.15, 0.2) is 0 Å². The van der Waals surface area contributed by atoms with Crippen LogP contribution in [0.5, 0.6) is 0 Å². The SMILES string of the molecule is COC(=O)[C@H]1CCCCN1C(C)C(=O)NC1CCCC1. The zero-order chi connectivity index (χ0) is 14.5. The van der Waals surface area contributed by atoms with Crippen LogP contribution < -0.4 is 5.32 Å². The Morgan fingerprint density at radius 2 is 1.80 bits per heavy atom. The van der Waals surface area contributed by atoms with Crippen LogP contribution in [0.25, 0.3) is 0 Å². The van der Waals surface area contributed by atoms with Crippen molar-refractivity contribution in [2.75, 3.05) is 13.7 Å². The van der Waals surface area contributed by atoms with E-state index in [-0.39, 0.29) is 24.0 Å². The Bertz CT molecular complexity index is 353. The molecule has 1 N–H and O–H groups in total. The zero-order valence-electron chi connectivity index (χ0n) is 12.6. The van der Waals surface area contributed by atoms with Crippen LogP contribution in [0.3, 0.4) is 0 Å². The summed E-state index contributed by atoms with van der Waals surface area (Å²) in [6.45, 7) is 2.69. The molecule has 0 spiro atoms. The molecule has 1 saturated heterocycles. The molecule has 0 aromatic carbocycles. The molecular weight excluding hydrogens is 256 g/mol. The van der Waals surface area contributed by atoms with E-state index in [4.69, 9.17) is 4.74 Å². The van der Waals surface area contributed by atoms with E-state index in [1.165, 1.54) is 20.0 Å². The van der Waals surface area contributed by atoms with Crippen molar-refractivity contribution in [1.82, 2.24) is 10.2 Å². The van der Waals surface area contributed by atoms with Gasteiger partial charge >= 0.3 is 5.97 Å². The van der Waals surface area contributed by atoms with Gasteiger partial charge in [0.2, 0.25) is 5.91 Å². The van der Waals surface area contributed by atoms with E-state index >= 15 is 0 Å². The Labute approximate surface area is 121 Å². The van der Waals surface area contributed by atoms with Gasteiger partial charge in [-0.05, 0) is 39.2 Å². The molecule has 2 rings (SSSR count). The van der Waals surface area contributed by atoms with E-state index in [1.807, 2.05) is 11.8 Å². The predicted octanol–water partition coefficient (Wildman–Crippen LogP) is 1.46. The first-order valence-corrected chi connectivity index (χ1v) is 7.77. The van der Waals surface area contributed by atoms with Crippen LogP contribution >= 0.6 is 0 Å². The average Bonchev–Trinajstić information content (AvgIpc) is 2.98. The highest BCUT2D eigenvalue weighted by Crippen LogP contribution is 2.22. The molecule has 1 saturated carbocycles. The Kier molecular flexibility index (Phi) is 5.40. The van der Waals surface area contributed by atoms with Gasteiger partial charge in [0.1, 0.15) is 6.04 Å². The van der Waals surface area contributed by atoms with Gasteiger partial charge in [0, 0.05) is 6.04 Å². The second kappa shape index (κ2) is 7.07. The molecule has 20 heavy (non-hydrogen) atoms. The summed E-state index contributed by atoms with van der Waals surface area (Å²) in [6.07, 6.45) is 7.41. The smallest absolute Gasteiger partial charge is 0.323 e. The van der Waals surface area contributed by atoms with Gasteiger partial charge in [-0.2, -0.15) is 0 Å². The van der Waals surface area contributed by atoms with Crippen LogP contribution in [0.1, 0.15) is 51.9 Å². The molecule has 0 bridgehead atoms. The average molecular weight is 282 g/mol. The normalized spacial score (nSPS) is 26.2. The van der Waals surface area contributed by atoms with Crippen LogP contribution in [0, 0.1) is 0 Å². The third-order valence-electron chi connectivity index (χ3n) is 4.60. The van der Waals surface area contributed by atoms with E-state index in [2.05, 4.69) is 5.32 Å². The number of nitrogens with one attached hydrogen (secondary N) is 1. The largest absolute Gasteiger partial charge is 0.468 e. The quantitative estimate of drug-likeness (QED) is 0.793. The lowest BCUT2D eigenvalue weighted by Crippen LogP contribution is -2.55. The highest BCUT2D eigenvalue weighted by molar-refractivity contribution is 5.83. The standard InChI is InChI=1S/C15H26N2O3/c1-11(14(18)16-12-7-3-4-8-12)17-10-6-5-9-13(17)15(19)20-2/h11-13H,3-10H2,1-2H3,(H,16,18)/t11?,13-/m1/s1. The molecule has 1 amide bonds. The maximum Gasteiger partial charge on any atom is 0.323 e. The summed E-state index contributed by atoms with van der Waals surface area (Å²) < 4.78 is 4.87. The lowest BCUT2D eigenvalue weighted by molar-refractivity contribution is -0.150. The molecule has 2 aliphatic rings. The lowest BCUT2D eigenvalue weighted by atomic mass is 9.99. The number of nitrogens with zero attached hydrogens (tertiary/aromatic N) is 1. The maximum atomic E-state index is 12.3. The minimum absolute atomic E-state index is 0.0488. The van der Waals surface area contributed by atoms with Crippen molar-refractivity contribution in [3.63, 3.8) is 0 Å². The Balaban J connectivity index is 1.95. The molecule has 1 aliphatic carbocycles. The summed E-state index contributed by atoms with van der Waals surface area (Å²) in [4.78, 5) is 26.2. The molecule has 0 aromatic rings. The number of esters is 1. The fraction of sp³-hybridized carbons (Fsp3) is 0.867. The number of hydrogen-bond acceptors (Lipinski definition) is 4. The molecular formula is C15H26N2O3. The lowest BCUT2D eigenvalue weighted by Gasteiger charge is -2.37. The highest BCUT2D eigenvalue weighted by Gasteiger charge is 2.35. The van der Waals surface area contributed by atoms with Crippen molar-refractivity contribution in [2.24, 2.45) is 0 Å². The van der Waals surface area contributed by atoms with Crippen molar-refractivity contribution in [3.8, 4) is 0 Å². The number of amides is 1. The van der Waals surface area contributed by atoms with E-state index in [0.29, 0.717) is 6.04 Å². The Morgan fingerprint density at radius 3 is 2.45 bits per heavy atom. The van der Waals surface area contributed by atoms with Crippen LogP contribution in [-0.2, 0) is 14.3 Å². The molecule has 2 atom stereocenters. The molecule has 5 nitrogen and oxygen atoms in total. The second-order valence-corrected chi connectivity index (χ2v) is 5.94. The summed E-state index contributed by atoms with van der Waals surface area (Å²) in [6, 6.07) is -0.204. The van der Waals surface area contributed by atoms with Crippen molar-refractivity contribution < 1.29 is 14.3 Å². The van der Waals surface area contributed by atoms with Gasteiger partial charge in [-0.1, -0.05) is 19.3 Å². The van der Waals surface area contributed by atoms with Crippen molar-refractivity contribution in [2.45, 2.75) is 70.0 Å². The maximum absolute atomic E-state index is 12.3. The third kappa shape index (κ3) is 3.51. The first-order valence-electron chi connectivity index (χ1n) is 7.77. The molecule has 1 unspecified atom stereocenters. The van der Waals surface area contributed by atoms with Gasteiger partial charge in [-0.15, -0.1) is 0 Å². The minimum atomic E-state index is -0.266.